The first-order valence-electron chi connectivity index (χ1n) is 11.5. The molecule has 0 nitrogen and oxygen atoms in total. The van der Waals surface area contributed by atoms with Crippen molar-refractivity contribution in [2.75, 3.05) is 0 Å². The minimum absolute atomic E-state index is 0.334. The molecule has 0 spiro atoms. The lowest BCUT2D eigenvalue weighted by Crippen LogP contribution is -2.34. The summed E-state index contributed by atoms with van der Waals surface area (Å²) in [4.78, 5) is 0. The molecule has 0 aliphatic rings. The first kappa shape index (κ1) is 27.0. The van der Waals surface area contributed by atoms with Crippen molar-refractivity contribution >= 4 is 0 Å². The lowest BCUT2D eigenvalue weighted by Gasteiger charge is -2.43. The Morgan fingerprint density at radius 1 is 0.880 bits per heavy atom. The molecule has 4 atom stereocenters. The fourth-order valence-electron chi connectivity index (χ4n) is 4.47. The minimum atomic E-state index is 0.334. The van der Waals surface area contributed by atoms with Crippen molar-refractivity contribution < 1.29 is 0 Å². The first-order valence-corrected chi connectivity index (χ1v) is 11.5. The Kier molecular flexibility index (Phi) is 17.2. The number of rotatable bonds is 14. The fraction of sp³-hybridized carbons (Fsp3) is 0.920. The van der Waals surface area contributed by atoms with Gasteiger partial charge in [0.1, 0.15) is 0 Å². The Balaban J connectivity index is 0. The third-order valence-electron chi connectivity index (χ3n) is 6.35. The molecule has 0 aromatic carbocycles. The van der Waals surface area contributed by atoms with E-state index in [1.165, 1.54) is 69.8 Å². The largest absolute Gasteiger partial charge is 0.0996 e. The molecule has 25 heavy (non-hydrogen) atoms. The van der Waals surface area contributed by atoms with Crippen molar-refractivity contribution in [1.82, 2.24) is 0 Å². The van der Waals surface area contributed by atoms with Gasteiger partial charge in [-0.1, -0.05) is 112 Å². The van der Waals surface area contributed by atoms with Crippen LogP contribution in [-0.4, -0.2) is 0 Å². The maximum absolute atomic E-state index is 4.42. The van der Waals surface area contributed by atoms with Crippen LogP contribution in [0.1, 0.15) is 127 Å². The highest BCUT2D eigenvalue weighted by Gasteiger charge is 2.37. The molecule has 4 unspecified atom stereocenters. The predicted octanol–water partition coefficient (Wildman–Crippen LogP) is 9.44. The summed E-state index contributed by atoms with van der Waals surface area (Å²) < 4.78 is 0. The second-order valence-electron chi connectivity index (χ2n) is 8.34. The second kappa shape index (κ2) is 16.0. The van der Waals surface area contributed by atoms with Gasteiger partial charge in [0.25, 0.3) is 0 Å². The zero-order valence-electron chi connectivity index (χ0n) is 19.5. The van der Waals surface area contributed by atoms with Crippen LogP contribution in [0.3, 0.4) is 0 Å². The highest BCUT2D eigenvalue weighted by Crippen LogP contribution is 2.47. The van der Waals surface area contributed by atoms with Crippen LogP contribution in [0.4, 0.5) is 0 Å². The monoisotopic (exact) mass is 352 g/mol. The molecular formula is C25H52. The lowest BCUT2D eigenvalue weighted by molar-refractivity contribution is 0.115. The zero-order chi connectivity index (χ0) is 19.9. The normalized spacial score (nSPS) is 17.0. The first-order chi connectivity index (χ1) is 11.9. The van der Waals surface area contributed by atoms with Crippen molar-refractivity contribution in [3.8, 4) is 0 Å². The molecular weight excluding hydrogens is 300 g/mol. The Hall–Kier alpha value is -0.260. The lowest BCUT2D eigenvalue weighted by atomic mass is 9.61. The van der Waals surface area contributed by atoms with Gasteiger partial charge >= 0.3 is 0 Å². The van der Waals surface area contributed by atoms with E-state index in [4.69, 9.17) is 0 Å². The maximum Gasteiger partial charge on any atom is -0.00910 e. The fourth-order valence-corrected chi connectivity index (χ4v) is 4.47. The van der Waals surface area contributed by atoms with Crippen LogP contribution in [0.5, 0.6) is 0 Å². The average molecular weight is 353 g/mol. The van der Waals surface area contributed by atoms with E-state index >= 15 is 0 Å². The van der Waals surface area contributed by atoms with Crippen molar-refractivity contribution in [3.63, 3.8) is 0 Å². The van der Waals surface area contributed by atoms with Crippen LogP contribution in [0, 0.1) is 23.2 Å². The van der Waals surface area contributed by atoms with Crippen LogP contribution >= 0.6 is 0 Å². The molecule has 0 aromatic heterocycles. The smallest absolute Gasteiger partial charge is 0.00910 e. The molecule has 0 heterocycles. The summed E-state index contributed by atoms with van der Waals surface area (Å²) in [5.41, 5.74) is 1.75. The molecule has 0 radical (unpaired) electrons. The van der Waals surface area contributed by atoms with Gasteiger partial charge in [-0.05, 0) is 49.4 Å². The summed E-state index contributed by atoms with van der Waals surface area (Å²) >= 11 is 0. The van der Waals surface area contributed by atoms with E-state index in [2.05, 4.69) is 55.0 Å². The van der Waals surface area contributed by atoms with Crippen molar-refractivity contribution in [2.24, 2.45) is 23.2 Å². The highest BCUT2D eigenvalue weighted by atomic mass is 14.4. The average Bonchev–Trinajstić information content (AvgIpc) is 2.61. The van der Waals surface area contributed by atoms with E-state index in [-0.39, 0.29) is 0 Å². The van der Waals surface area contributed by atoms with E-state index in [9.17, 15) is 0 Å². The number of hydrogen-bond donors (Lipinski definition) is 0. The molecule has 0 fully saturated rings. The Morgan fingerprint density at radius 2 is 1.44 bits per heavy atom. The van der Waals surface area contributed by atoms with Gasteiger partial charge in [0, 0.05) is 0 Å². The summed E-state index contributed by atoms with van der Waals surface area (Å²) in [6.45, 7) is 25.1. The van der Waals surface area contributed by atoms with Crippen molar-refractivity contribution in [3.05, 3.63) is 12.2 Å². The third-order valence-corrected chi connectivity index (χ3v) is 6.35. The van der Waals surface area contributed by atoms with Gasteiger partial charge in [0.2, 0.25) is 0 Å². The molecule has 0 amide bonds. The molecule has 0 aromatic rings. The van der Waals surface area contributed by atoms with Crippen LogP contribution < -0.4 is 0 Å². The van der Waals surface area contributed by atoms with Crippen molar-refractivity contribution in [2.45, 2.75) is 127 Å². The molecule has 0 aliphatic heterocycles. The highest BCUT2D eigenvalue weighted by molar-refractivity contribution is 5.09. The second-order valence-corrected chi connectivity index (χ2v) is 8.34. The molecule has 0 aliphatic carbocycles. The molecule has 0 bridgehead atoms. The Labute approximate surface area is 162 Å². The van der Waals surface area contributed by atoms with Gasteiger partial charge in [-0.3, -0.25) is 0 Å². The van der Waals surface area contributed by atoms with Crippen LogP contribution in [0.25, 0.3) is 0 Å². The number of unbranched alkanes of at least 4 members (excludes halogenated alkanes) is 1. The van der Waals surface area contributed by atoms with Gasteiger partial charge in [-0.15, -0.1) is 0 Å². The Bertz CT molecular complexity index is 303. The summed E-state index contributed by atoms with van der Waals surface area (Å²) in [6, 6.07) is 0. The van der Waals surface area contributed by atoms with E-state index in [1.807, 2.05) is 13.8 Å². The van der Waals surface area contributed by atoms with E-state index in [0.717, 1.165) is 17.8 Å². The van der Waals surface area contributed by atoms with E-state index in [0.29, 0.717) is 5.41 Å². The number of hydrogen-bond acceptors (Lipinski definition) is 0. The molecule has 152 valence electrons. The van der Waals surface area contributed by atoms with Crippen molar-refractivity contribution in [1.29, 1.82) is 0 Å². The predicted molar refractivity (Wildman–Crippen MR) is 119 cm³/mol. The maximum atomic E-state index is 4.42. The summed E-state index contributed by atoms with van der Waals surface area (Å²) in [5, 5.41) is 0. The Morgan fingerprint density at radius 3 is 1.84 bits per heavy atom. The van der Waals surface area contributed by atoms with Crippen LogP contribution in [-0.2, 0) is 0 Å². The molecule has 0 saturated heterocycles. The van der Waals surface area contributed by atoms with Gasteiger partial charge in [-0.2, -0.15) is 0 Å². The van der Waals surface area contributed by atoms with Gasteiger partial charge < -0.3 is 0 Å². The topological polar surface area (TPSA) is 0 Å². The summed E-state index contributed by atoms with van der Waals surface area (Å²) in [6.07, 6.45) is 13.5. The van der Waals surface area contributed by atoms with E-state index < -0.39 is 0 Å². The van der Waals surface area contributed by atoms with Crippen LogP contribution in [0.15, 0.2) is 12.2 Å². The van der Waals surface area contributed by atoms with Crippen LogP contribution in [0.2, 0.25) is 0 Å². The zero-order valence-corrected chi connectivity index (χ0v) is 19.5. The molecule has 0 rings (SSSR count). The van der Waals surface area contributed by atoms with Gasteiger partial charge in [0.05, 0.1) is 0 Å². The third kappa shape index (κ3) is 9.86. The standard InChI is InChI=1S/C23H46.C2H6/c1-9-13-18-23(8,19(5)6)22(15-11-3)21(12-4)17-16-20(7)14-10-2;1-2/h20-22H,5,9-18H2,1-4,6-8H3;1-2H3. The van der Waals surface area contributed by atoms with E-state index in [1.54, 1.807) is 0 Å². The molecule has 0 heteroatoms. The quantitative estimate of drug-likeness (QED) is 0.273. The molecule has 0 N–H and O–H groups in total. The molecule has 0 saturated carbocycles. The summed E-state index contributed by atoms with van der Waals surface area (Å²) in [5.74, 6) is 2.58. The van der Waals surface area contributed by atoms with Gasteiger partial charge in [0.15, 0.2) is 0 Å². The number of allylic oxidation sites excluding steroid dienone is 1. The van der Waals surface area contributed by atoms with Gasteiger partial charge in [-0.25, -0.2) is 0 Å². The summed E-state index contributed by atoms with van der Waals surface area (Å²) in [7, 11) is 0. The SMILES string of the molecule is C=C(C)C(C)(CCCC)C(CCC)C(CC)CCC(C)CCC.CC. The minimum Gasteiger partial charge on any atom is -0.0996 e.